The van der Waals surface area contributed by atoms with Gasteiger partial charge in [-0.05, 0) is 10.4 Å². The lowest BCUT2D eigenvalue weighted by molar-refractivity contribution is 0.278. The van der Waals surface area contributed by atoms with Gasteiger partial charge in [0.1, 0.15) is 0 Å². The zero-order chi connectivity index (χ0) is 12.6. The first-order valence-corrected chi connectivity index (χ1v) is 4.56. The molecule has 0 aliphatic carbocycles. The summed E-state index contributed by atoms with van der Waals surface area (Å²) in [4.78, 5) is 0. The van der Waals surface area contributed by atoms with Gasteiger partial charge in [0, 0.05) is 0 Å². The quantitative estimate of drug-likeness (QED) is 0.444. The summed E-state index contributed by atoms with van der Waals surface area (Å²) in [5.41, 5.74) is 11.5. The largest absolute Gasteiger partial charge is 0.304 e. The van der Waals surface area contributed by atoms with Crippen LogP contribution in [0.4, 0.5) is 0 Å². The van der Waals surface area contributed by atoms with Crippen LogP contribution in [-0.4, -0.2) is 41.2 Å². The van der Waals surface area contributed by atoms with E-state index in [1.807, 2.05) is 0 Å². The molecule has 0 amide bonds. The molecule has 0 saturated carbocycles. The standard InChI is InChI=1S/C4H6N14/c5-3(1-7-15-16-8-1)11-13-4(6,14-12-3)2-9-17-18-10-2/h5-6H2,(H,7,8,15,16)(H,9,10,17,18). The summed E-state index contributed by atoms with van der Waals surface area (Å²) in [6.07, 6.45) is 0. The van der Waals surface area contributed by atoms with Crippen LogP contribution in [-0.2, 0) is 11.6 Å². The summed E-state index contributed by atoms with van der Waals surface area (Å²) in [5, 5.41) is 40.6. The van der Waals surface area contributed by atoms with E-state index in [-0.39, 0.29) is 11.6 Å². The van der Waals surface area contributed by atoms with Gasteiger partial charge >= 0.3 is 11.6 Å². The molecule has 14 nitrogen and oxygen atoms in total. The Kier molecular flexibility index (Phi) is 1.95. The van der Waals surface area contributed by atoms with E-state index >= 15 is 0 Å². The monoisotopic (exact) mass is 250 g/mol. The van der Waals surface area contributed by atoms with Crippen LogP contribution in [0.5, 0.6) is 0 Å². The van der Waals surface area contributed by atoms with Gasteiger partial charge in [0.2, 0.25) is 11.6 Å². The maximum atomic E-state index is 5.77. The number of aromatic amines is 2. The Balaban J connectivity index is 1.95. The highest BCUT2D eigenvalue weighted by atomic mass is 15.6. The second-order valence-electron chi connectivity index (χ2n) is 3.32. The molecule has 0 unspecified atom stereocenters. The van der Waals surface area contributed by atoms with Crippen molar-refractivity contribution < 1.29 is 0 Å². The van der Waals surface area contributed by atoms with Crippen molar-refractivity contribution in [3.8, 4) is 0 Å². The van der Waals surface area contributed by atoms with Crippen LogP contribution in [0.3, 0.4) is 0 Å². The van der Waals surface area contributed by atoms with Gasteiger partial charge in [-0.1, -0.05) is 0 Å². The number of tetrazole rings is 2. The van der Waals surface area contributed by atoms with E-state index in [0.29, 0.717) is 0 Å². The summed E-state index contributed by atoms with van der Waals surface area (Å²) in [7, 11) is 0. The Morgan fingerprint density at radius 3 is 1.39 bits per heavy atom. The Labute approximate surface area is 97.3 Å². The number of hydrogen-bond acceptors (Lipinski definition) is 12. The van der Waals surface area contributed by atoms with Crippen LogP contribution >= 0.6 is 0 Å². The first-order valence-electron chi connectivity index (χ1n) is 4.56. The molecule has 3 rings (SSSR count). The van der Waals surface area contributed by atoms with Crippen molar-refractivity contribution in [3.05, 3.63) is 11.6 Å². The number of nitrogens with two attached hydrogens (primary N) is 2. The molecule has 0 aromatic carbocycles. The summed E-state index contributed by atoms with van der Waals surface area (Å²) in [6, 6.07) is 0. The molecule has 92 valence electrons. The number of rotatable bonds is 2. The number of hydrogen-bond donors (Lipinski definition) is 4. The minimum atomic E-state index is -1.67. The lowest BCUT2D eigenvalue weighted by Gasteiger charge is -2.22. The maximum absolute atomic E-state index is 5.77. The molecule has 1 aliphatic rings. The van der Waals surface area contributed by atoms with Crippen molar-refractivity contribution >= 4 is 0 Å². The zero-order valence-corrected chi connectivity index (χ0v) is 8.63. The minimum Gasteiger partial charge on any atom is -0.279 e. The molecule has 0 spiro atoms. The van der Waals surface area contributed by atoms with E-state index in [0.717, 1.165) is 0 Å². The Bertz CT molecular complexity index is 509. The molecule has 0 saturated heterocycles. The molecular formula is C4H6N14. The lowest BCUT2D eigenvalue weighted by atomic mass is 10.3. The summed E-state index contributed by atoms with van der Waals surface area (Å²) in [6.45, 7) is 0. The zero-order valence-electron chi connectivity index (χ0n) is 8.63. The van der Waals surface area contributed by atoms with E-state index in [2.05, 4.69) is 61.7 Å². The van der Waals surface area contributed by atoms with Gasteiger partial charge in [0.15, 0.2) is 0 Å². The molecule has 2 aromatic rings. The third kappa shape index (κ3) is 1.44. The molecule has 0 radical (unpaired) electrons. The van der Waals surface area contributed by atoms with Crippen molar-refractivity contribution in [1.29, 1.82) is 0 Å². The second-order valence-corrected chi connectivity index (χ2v) is 3.32. The molecule has 1 aliphatic heterocycles. The number of nitrogens with zero attached hydrogens (tertiary/aromatic N) is 10. The lowest BCUT2D eigenvalue weighted by Crippen LogP contribution is -2.41. The molecule has 2 aromatic heterocycles. The van der Waals surface area contributed by atoms with Gasteiger partial charge in [0.25, 0.3) is 0 Å². The van der Waals surface area contributed by atoms with Crippen molar-refractivity contribution in [2.45, 2.75) is 11.6 Å². The van der Waals surface area contributed by atoms with Gasteiger partial charge in [-0.25, -0.2) is 0 Å². The normalized spacial score (nSPS) is 30.8. The SMILES string of the molecule is NC1(c2nn[nH]n2)N=NC(N)(c2nn[nH]n2)N=N1. The molecular weight excluding hydrogens is 244 g/mol. The third-order valence-corrected chi connectivity index (χ3v) is 2.06. The molecule has 18 heavy (non-hydrogen) atoms. The number of nitrogens with one attached hydrogen (secondary N) is 2. The van der Waals surface area contributed by atoms with Crippen LogP contribution in [0.1, 0.15) is 11.6 Å². The molecule has 14 heteroatoms. The number of azo groups is 2. The third-order valence-electron chi connectivity index (χ3n) is 2.06. The number of H-pyrrole nitrogens is 2. The Hall–Kier alpha value is -2.74. The molecule has 0 bridgehead atoms. The number of aromatic nitrogens is 8. The average molecular weight is 250 g/mol. The van der Waals surface area contributed by atoms with E-state index in [1.165, 1.54) is 0 Å². The van der Waals surface area contributed by atoms with Crippen LogP contribution < -0.4 is 11.5 Å². The topological polar surface area (TPSA) is 210 Å². The van der Waals surface area contributed by atoms with Crippen LogP contribution in [0.25, 0.3) is 0 Å². The first-order chi connectivity index (χ1) is 8.62. The Morgan fingerprint density at radius 1 is 0.722 bits per heavy atom. The minimum absolute atomic E-state index is 0.00478. The molecule has 3 heterocycles. The van der Waals surface area contributed by atoms with Crippen molar-refractivity contribution in [2.24, 2.45) is 31.9 Å². The van der Waals surface area contributed by atoms with Gasteiger partial charge in [-0.15, -0.1) is 40.9 Å². The van der Waals surface area contributed by atoms with E-state index in [1.54, 1.807) is 0 Å². The summed E-state index contributed by atoms with van der Waals surface area (Å²) < 4.78 is 0. The van der Waals surface area contributed by atoms with E-state index < -0.39 is 11.6 Å². The highest BCUT2D eigenvalue weighted by molar-refractivity contribution is 5.03. The van der Waals surface area contributed by atoms with Gasteiger partial charge in [-0.2, -0.15) is 10.4 Å². The van der Waals surface area contributed by atoms with Crippen LogP contribution in [0.15, 0.2) is 20.5 Å². The van der Waals surface area contributed by atoms with Crippen molar-refractivity contribution in [1.82, 2.24) is 41.2 Å². The summed E-state index contributed by atoms with van der Waals surface area (Å²) in [5.74, 6) is -3.32. The first kappa shape index (κ1) is 10.4. The Morgan fingerprint density at radius 2 is 1.11 bits per heavy atom. The van der Waals surface area contributed by atoms with E-state index in [9.17, 15) is 0 Å². The van der Waals surface area contributed by atoms with Crippen molar-refractivity contribution in [3.63, 3.8) is 0 Å². The maximum Gasteiger partial charge on any atom is 0.304 e. The highest BCUT2D eigenvalue weighted by Crippen LogP contribution is 2.29. The highest BCUT2D eigenvalue weighted by Gasteiger charge is 2.42. The predicted octanol–water partition coefficient (Wildman–Crippen LogP) is -2.53. The fourth-order valence-corrected chi connectivity index (χ4v) is 1.16. The molecule has 6 N–H and O–H groups in total. The van der Waals surface area contributed by atoms with Gasteiger partial charge in [0.05, 0.1) is 0 Å². The average Bonchev–Trinajstić information content (AvgIpc) is 3.05. The summed E-state index contributed by atoms with van der Waals surface area (Å²) >= 11 is 0. The van der Waals surface area contributed by atoms with Crippen LogP contribution in [0.2, 0.25) is 0 Å². The smallest absolute Gasteiger partial charge is 0.279 e. The van der Waals surface area contributed by atoms with E-state index in [4.69, 9.17) is 11.5 Å². The molecule has 0 atom stereocenters. The van der Waals surface area contributed by atoms with Gasteiger partial charge in [-0.3, -0.25) is 11.5 Å². The second kappa shape index (κ2) is 3.37. The molecule has 0 fully saturated rings. The van der Waals surface area contributed by atoms with Crippen molar-refractivity contribution in [2.75, 3.05) is 0 Å². The van der Waals surface area contributed by atoms with Crippen LogP contribution in [0, 0.1) is 0 Å². The van der Waals surface area contributed by atoms with Gasteiger partial charge < -0.3 is 0 Å². The fraction of sp³-hybridized carbons (Fsp3) is 0.500. The predicted molar refractivity (Wildman–Crippen MR) is 49.8 cm³/mol. The fourth-order valence-electron chi connectivity index (χ4n) is 1.16.